The lowest BCUT2D eigenvalue weighted by Crippen LogP contribution is -2.08. The van der Waals surface area contributed by atoms with Gasteiger partial charge in [0.15, 0.2) is 17.3 Å². The molecule has 0 fully saturated rings. The fourth-order valence-electron chi connectivity index (χ4n) is 3.40. The molecule has 0 saturated heterocycles. The number of hydrogen-bond acceptors (Lipinski definition) is 7. The van der Waals surface area contributed by atoms with Crippen LogP contribution in [0.3, 0.4) is 0 Å². The Kier molecular flexibility index (Phi) is 4.99. The van der Waals surface area contributed by atoms with Gasteiger partial charge in [-0.1, -0.05) is 12.1 Å². The van der Waals surface area contributed by atoms with Crippen LogP contribution in [-0.2, 0) is 0 Å². The highest BCUT2D eigenvalue weighted by Crippen LogP contribution is 2.35. The molecule has 0 radical (unpaired) electrons. The van der Waals surface area contributed by atoms with E-state index in [0.29, 0.717) is 46.5 Å². The van der Waals surface area contributed by atoms with Crippen LogP contribution in [-0.4, -0.2) is 25.2 Å². The van der Waals surface area contributed by atoms with Gasteiger partial charge in [0.05, 0.1) is 17.7 Å². The largest absolute Gasteiger partial charge is 0.494 e. The Morgan fingerprint density at radius 2 is 1.72 bits per heavy atom. The second kappa shape index (κ2) is 8.11. The lowest BCUT2D eigenvalue weighted by molar-refractivity contribution is 0.0734. The molecular weight excluding hydrogens is 412 g/mol. The molecule has 2 aliphatic heterocycles. The Labute approximate surface area is 183 Å². The Morgan fingerprint density at radius 3 is 2.53 bits per heavy atom. The lowest BCUT2D eigenvalue weighted by Gasteiger charge is -2.06. The van der Waals surface area contributed by atoms with E-state index >= 15 is 0 Å². The van der Waals surface area contributed by atoms with Crippen molar-refractivity contribution in [3.05, 3.63) is 83.1 Å². The number of rotatable bonds is 5. The maximum Gasteiger partial charge on any atom is 0.343 e. The standard InChI is InChI=1S/C25H18O7/c1-2-28-18-8-9-19-21(13-18)32-23(24(19)26)11-15-3-6-17(7-4-15)31-25(27)16-5-10-20-22(12-16)30-14-29-20/h3-13H,2,14H2,1H3/b23-11-. The van der Waals surface area contributed by atoms with Crippen molar-refractivity contribution in [3.63, 3.8) is 0 Å². The number of allylic oxidation sites excluding steroid dienone is 1. The molecule has 5 rings (SSSR count). The highest BCUT2D eigenvalue weighted by atomic mass is 16.7. The van der Waals surface area contributed by atoms with E-state index in [2.05, 4.69) is 0 Å². The van der Waals surface area contributed by atoms with Crippen LogP contribution in [0.4, 0.5) is 0 Å². The molecule has 0 atom stereocenters. The second-order valence-electron chi connectivity index (χ2n) is 7.06. The van der Waals surface area contributed by atoms with E-state index in [4.69, 9.17) is 23.7 Å². The van der Waals surface area contributed by atoms with Crippen molar-refractivity contribution in [2.75, 3.05) is 13.4 Å². The lowest BCUT2D eigenvalue weighted by atomic mass is 10.1. The van der Waals surface area contributed by atoms with E-state index in [1.165, 1.54) is 0 Å². The van der Waals surface area contributed by atoms with Gasteiger partial charge in [0.2, 0.25) is 12.6 Å². The van der Waals surface area contributed by atoms with Crippen LogP contribution >= 0.6 is 0 Å². The number of ketones is 1. The normalized spacial score (nSPS) is 14.8. The summed E-state index contributed by atoms with van der Waals surface area (Å²) in [5.41, 5.74) is 1.58. The molecule has 7 heteroatoms. The molecular formula is C25H18O7. The van der Waals surface area contributed by atoms with E-state index in [1.54, 1.807) is 66.7 Å². The molecule has 0 unspecified atom stereocenters. The molecule has 0 amide bonds. The molecule has 0 aliphatic carbocycles. The van der Waals surface area contributed by atoms with Crippen molar-refractivity contribution in [2.24, 2.45) is 0 Å². The first-order chi connectivity index (χ1) is 15.6. The fourth-order valence-corrected chi connectivity index (χ4v) is 3.40. The van der Waals surface area contributed by atoms with E-state index in [1.807, 2.05) is 6.92 Å². The maximum absolute atomic E-state index is 12.6. The molecule has 2 aliphatic rings. The zero-order valence-corrected chi connectivity index (χ0v) is 17.1. The number of carbonyl (C=O) groups excluding carboxylic acids is 2. The van der Waals surface area contributed by atoms with Gasteiger partial charge in [0.1, 0.15) is 17.2 Å². The topological polar surface area (TPSA) is 80.3 Å². The van der Waals surface area contributed by atoms with Gasteiger partial charge >= 0.3 is 5.97 Å². The van der Waals surface area contributed by atoms with Crippen molar-refractivity contribution < 1.29 is 33.3 Å². The van der Waals surface area contributed by atoms with Gasteiger partial charge in [-0.05, 0) is 61.0 Å². The molecule has 2 heterocycles. The summed E-state index contributed by atoms with van der Waals surface area (Å²) in [6, 6.07) is 16.8. The van der Waals surface area contributed by atoms with Crippen LogP contribution in [0.1, 0.15) is 33.2 Å². The van der Waals surface area contributed by atoms with Gasteiger partial charge < -0.3 is 23.7 Å². The maximum atomic E-state index is 12.6. The summed E-state index contributed by atoms with van der Waals surface area (Å²) >= 11 is 0. The van der Waals surface area contributed by atoms with Crippen LogP contribution in [0.25, 0.3) is 6.08 Å². The first kappa shape index (κ1) is 19.7. The molecule has 0 spiro atoms. The van der Waals surface area contributed by atoms with Gasteiger partial charge in [0.25, 0.3) is 0 Å². The summed E-state index contributed by atoms with van der Waals surface area (Å²) in [7, 11) is 0. The molecule has 0 aromatic heterocycles. The third-order valence-electron chi connectivity index (χ3n) is 4.95. The van der Waals surface area contributed by atoms with Crippen molar-refractivity contribution in [1.82, 2.24) is 0 Å². The number of hydrogen-bond donors (Lipinski definition) is 0. The van der Waals surface area contributed by atoms with Crippen molar-refractivity contribution in [2.45, 2.75) is 6.92 Å². The van der Waals surface area contributed by atoms with Crippen LogP contribution in [0.15, 0.2) is 66.4 Å². The predicted octanol–water partition coefficient (Wildman–Crippen LogP) is 4.65. The van der Waals surface area contributed by atoms with Crippen LogP contribution in [0, 0.1) is 0 Å². The number of ether oxygens (including phenoxy) is 5. The quantitative estimate of drug-likeness (QED) is 0.331. The molecule has 0 N–H and O–H groups in total. The van der Waals surface area contributed by atoms with Gasteiger partial charge in [-0.25, -0.2) is 4.79 Å². The van der Waals surface area contributed by atoms with Gasteiger partial charge in [-0.15, -0.1) is 0 Å². The molecule has 3 aromatic carbocycles. The third-order valence-corrected chi connectivity index (χ3v) is 4.95. The highest BCUT2D eigenvalue weighted by molar-refractivity contribution is 6.14. The summed E-state index contributed by atoms with van der Waals surface area (Å²) in [4.78, 5) is 25.0. The minimum Gasteiger partial charge on any atom is -0.494 e. The molecule has 32 heavy (non-hydrogen) atoms. The second-order valence-corrected chi connectivity index (χ2v) is 7.06. The SMILES string of the molecule is CCOc1ccc2c(c1)O/C(=C\c1ccc(OC(=O)c3ccc4c(c3)OCO4)cc1)C2=O. The Bertz CT molecular complexity index is 1240. The van der Waals surface area contributed by atoms with Crippen molar-refractivity contribution in [1.29, 1.82) is 0 Å². The monoisotopic (exact) mass is 430 g/mol. The molecule has 7 nitrogen and oxygen atoms in total. The number of benzene rings is 3. The summed E-state index contributed by atoms with van der Waals surface area (Å²) in [5, 5.41) is 0. The predicted molar refractivity (Wildman–Crippen MR) is 115 cm³/mol. The number of fused-ring (bicyclic) bond motifs is 2. The number of carbonyl (C=O) groups is 2. The smallest absolute Gasteiger partial charge is 0.343 e. The van der Waals surface area contributed by atoms with Crippen LogP contribution in [0.2, 0.25) is 0 Å². The minimum atomic E-state index is -0.510. The zero-order chi connectivity index (χ0) is 22.1. The third kappa shape index (κ3) is 3.76. The highest BCUT2D eigenvalue weighted by Gasteiger charge is 2.27. The molecule has 160 valence electrons. The Morgan fingerprint density at radius 1 is 0.938 bits per heavy atom. The van der Waals surface area contributed by atoms with E-state index in [0.717, 1.165) is 5.56 Å². The summed E-state index contributed by atoms with van der Waals surface area (Å²) in [5.74, 6) is 2.12. The van der Waals surface area contributed by atoms with Gasteiger partial charge in [0, 0.05) is 6.07 Å². The number of esters is 1. The Balaban J connectivity index is 1.28. The average Bonchev–Trinajstić information content (AvgIpc) is 3.39. The van der Waals surface area contributed by atoms with E-state index in [9.17, 15) is 9.59 Å². The molecule has 3 aromatic rings. The summed E-state index contributed by atoms with van der Waals surface area (Å²) < 4.78 is 27.1. The van der Waals surface area contributed by atoms with Crippen LogP contribution < -0.4 is 23.7 Å². The molecule has 0 bridgehead atoms. The first-order valence-corrected chi connectivity index (χ1v) is 10.0. The minimum absolute atomic E-state index is 0.135. The van der Waals surface area contributed by atoms with Gasteiger partial charge in [-0.2, -0.15) is 0 Å². The zero-order valence-electron chi connectivity index (χ0n) is 17.1. The van der Waals surface area contributed by atoms with Gasteiger partial charge in [-0.3, -0.25) is 4.79 Å². The fraction of sp³-hybridized carbons (Fsp3) is 0.120. The van der Waals surface area contributed by atoms with Crippen LogP contribution in [0.5, 0.6) is 28.7 Å². The average molecular weight is 430 g/mol. The van der Waals surface area contributed by atoms with Crippen molar-refractivity contribution >= 4 is 17.8 Å². The number of Topliss-reactive ketones (excluding diaryl/α,β-unsaturated/α-hetero) is 1. The summed E-state index contributed by atoms with van der Waals surface area (Å²) in [6.45, 7) is 2.55. The first-order valence-electron chi connectivity index (χ1n) is 10.0. The molecule has 0 saturated carbocycles. The van der Waals surface area contributed by atoms with E-state index in [-0.39, 0.29) is 18.3 Å². The van der Waals surface area contributed by atoms with Crippen molar-refractivity contribution in [3.8, 4) is 28.7 Å². The Hall–Kier alpha value is -4.26. The van der Waals surface area contributed by atoms with E-state index < -0.39 is 5.97 Å². The summed E-state index contributed by atoms with van der Waals surface area (Å²) in [6.07, 6.45) is 1.64.